The Hall–Kier alpha value is -1.23. The first kappa shape index (κ1) is 38.8. The third-order valence-corrected chi connectivity index (χ3v) is 6.72. The molecule has 0 heterocycles. The Balaban J connectivity index is 1.70. The Bertz CT molecular complexity index is 807. The SMILES string of the molecule is CCCCOCCOCCOCCOCCOCCOCCOCCOCCOCCOS(=O)(=O)c1ccc(C)cc1. The van der Waals surface area contributed by atoms with Crippen LogP contribution in [0, 0.1) is 6.92 Å². The molecule has 0 aliphatic rings. The number of hydrogen-bond donors (Lipinski definition) is 0. The molecule has 0 saturated heterocycles. The van der Waals surface area contributed by atoms with Crippen molar-refractivity contribution in [2.45, 2.75) is 31.6 Å². The Morgan fingerprint density at radius 1 is 0.452 bits per heavy atom. The van der Waals surface area contributed by atoms with E-state index in [0.29, 0.717) is 106 Å². The minimum atomic E-state index is -3.77. The molecule has 0 radical (unpaired) electrons. The van der Waals surface area contributed by atoms with Crippen molar-refractivity contribution in [1.82, 2.24) is 0 Å². The van der Waals surface area contributed by atoms with Gasteiger partial charge >= 0.3 is 0 Å². The predicted molar refractivity (Wildman–Crippen MR) is 157 cm³/mol. The van der Waals surface area contributed by atoms with Crippen LogP contribution < -0.4 is 0 Å². The van der Waals surface area contributed by atoms with E-state index in [4.69, 9.17) is 46.8 Å². The normalized spacial score (nSPS) is 11.9. The summed E-state index contributed by atoms with van der Waals surface area (Å²) in [5.41, 5.74) is 0.978. The van der Waals surface area contributed by atoms with E-state index < -0.39 is 10.1 Å². The third-order valence-electron chi connectivity index (χ3n) is 5.39. The highest BCUT2D eigenvalue weighted by atomic mass is 32.2. The van der Waals surface area contributed by atoms with Crippen LogP contribution in [0.3, 0.4) is 0 Å². The molecule has 13 heteroatoms. The van der Waals surface area contributed by atoms with E-state index in [0.717, 1.165) is 25.0 Å². The van der Waals surface area contributed by atoms with Gasteiger partial charge in [-0.25, -0.2) is 0 Å². The Kier molecular flexibility index (Phi) is 26.4. The maximum atomic E-state index is 12.1. The van der Waals surface area contributed by atoms with Gasteiger partial charge in [0, 0.05) is 6.61 Å². The van der Waals surface area contributed by atoms with E-state index in [1.165, 1.54) is 12.1 Å². The molecule has 0 atom stereocenters. The third kappa shape index (κ3) is 24.2. The van der Waals surface area contributed by atoms with Gasteiger partial charge in [0.05, 0.1) is 124 Å². The minimum absolute atomic E-state index is 0.0548. The van der Waals surface area contributed by atoms with Crippen molar-refractivity contribution in [2.24, 2.45) is 0 Å². The molecule has 0 aliphatic heterocycles. The van der Waals surface area contributed by atoms with Crippen LogP contribution in [0.5, 0.6) is 0 Å². The van der Waals surface area contributed by atoms with Crippen LogP contribution in [0.25, 0.3) is 0 Å². The van der Waals surface area contributed by atoms with E-state index >= 15 is 0 Å². The minimum Gasteiger partial charge on any atom is -0.379 e. The van der Waals surface area contributed by atoms with Crippen molar-refractivity contribution in [3.8, 4) is 0 Å². The van der Waals surface area contributed by atoms with Gasteiger partial charge in [0.1, 0.15) is 0 Å². The van der Waals surface area contributed by atoms with Crippen molar-refractivity contribution in [3.63, 3.8) is 0 Å². The predicted octanol–water partition coefficient (Wildman–Crippen LogP) is 2.65. The molecule has 12 nitrogen and oxygen atoms in total. The Labute approximate surface area is 252 Å². The molecule has 0 bridgehead atoms. The van der Waals surface area contributed by atoms with E-state index in [1.807, 2.05) is 6.92 Å². The van der Waals surface area contributed by atoms with Gasteiger partial charge in [0.15, 0.2) is 0 Å². The van der Waals surface area contributed by atoms with Crippen molar-refractivity contribution >= 4 is 10.1 Å². The first-order valence-corrected chi connectivity index (χ1v) is 16.1. The zero-order valence-electron chi connectivity index (χ0n) is 25.5. The van der Waals surface area contributed by atoms with Crippen LogP contribution >= 0.6 is 0 Å². The van der Waals surface area contributed by atoms with E-state index in [-0.39, 0.29) is 18.1 Å². The number of unbranched alkanes of at least 4 members (excludes halogenated alkanes) is 1. The number of ether oxygens (including phenoxy) is 9. The van der Waals surface area contributed by atoms with Crippen molar-refractivity contribution in [1.29, 1.82) is 0 Å². The molecule has 0 N–H and O–H groups in total. The molecule has 0 unspecified atom stereocenters. The summed E-state index contributed by atoms with van der Waals surface area (Å²) in [5, 5.41) is 0. The summed E-state index contributed by atoms with van der Waals surface area (Å²) in [4.78, 5) is 0.131. The largest absolute Gasteiger partial charge is 0.379 e. The lowest BCUT2D eigenvalue weighted by Crippen LogP contribution is -2.15. The highest BCUT2D eigenvalue weighted by molar-refractivity contribution is 7.86. The maximum absolute atomic E-state index is 12.1. The quantitative estimate of drug-likeness (QED) is 0.0864. The van der Waals surface area contributed by atoms with Gasteiger partial charge in [-0.1, -0.05) is 31.0 Å². The summed E-state index contributed by atoms with van der Waals surface area (Å²) in [6.45, 7) is 12.8. The van der Waals surface area contributed by atoms with Gasteiger partial charge in [0.25, 0.3) is 10.1 Å². The van der Waals surface area contributed by atoms with Crippen LogP contribution in [0.4, 0.5) is 0 Å². The average Bonchev–Trinajstić information content (AvgIpc) is 2.98. The number of rotatable bonds is 32. The second-order valence-electron chi connectivity index (χ2n) is 8.95. The molecule has 246 valence electrons. The number of hydrogen-bond acceptors (Lipinski definition) is 12. The Morgan fingerprint density at radius 3 is 1.05 bits per heavy atom. The monoisotopic (exact) mass is 624 g/mol. The summed E-state index contributed by atoms with van der Waals surface area (Å²) in [7, 11) is -3.77. The molecule has 1 aromatic carbocycles. The fourth-order valence-electron chi connectivity index (χ4n) is 3.08. The van der Waals surface area contributed by atoms with Crippen LogP contribution in [-0.2, 0) is 56.9 Å². The van der Waals surface area contributed by atoms with Crippen molar-refractivity contribution < 1.29 is 55.2 Å². The fraction of sp³-hybridized carbons (Fsp3) is 0.793. The van der Waals surface area contributed by atoms with E-state index in [2.05, 4.69) is 6.92 Å². The van der Waals surface area contributed by atoms with E-state index in [1.54, 1.807) is 12.1 Å². The molecular formula is C29H52O12S. The number of benzene rings is 1. The topological polar surface area (TPSA) is 126 Å². The average molecular weight is 625 g/mol. The first-order valence-electron chi connectivity index (χ1n) is 14.7. The summed E-state index contributed by atoms with van der Waals surface area (Å²) in [5.74, 6) is 0. The molecule has 0 fully saturated rings. The molecule has 0 aliphatic carbocycles. The van der Waals surface area contributed by atoms with Crippen molar-refractivity contribution in [2.75, 3.05) is 126 Å². The molecule has 0 saturated carbocycles. The number of aryl methyl sites for hydroxylation is 1. The molecule has 0 aromatic heterocycles. The summed E-state index contributed by atoms with van der Waals surface area (Å²) in [6.07, 6.45) is 2.23. The molecular weight excluding hydrogens is 572 g/mol. The fourth-order valence-corrected chi connectivity index (χ4v) is 3.98. The highest BCUT2D eigenvalue weighted by Crippen LogP contribution is 2.12. The van der Waals surface area contributed by atoms with Crippen LogP contribution in [0.15, 0.2) is 29.2 Å². The first-order chi connectivity index (χ1) is 20.6. The molecule has 1 aromatic rings. The summed E-state index contributed by atoms with van der Waals surface area (Å²) >= 11 is 0. The lowest BCUT2D eigenvalue weighted by atomic mass is 10.2. The van der Waals surface area contributed by atoms with E-state index in [9.17, 15) is 8.42 Å². The lowest BCUT2D eigenvalue weighted by Gasteiger charge is -2.09. The summed E-state index contributed by atoms with van der Waals surface area (Å²) in [6, 6.07) is 6.49. The van der Waals surface area contributed by atoms with Gasteiger partial charge in [-0.2, -0.15) is 8.42 Å². The molecule has 0 spiro atoms. The van der Waals surface area contributed by atoms with Crippen molar-refractivity contribution in [3.05, 3.63) is 29.8 Å². The lowest BCUT2D eigenvalue weighted by molar-refractivity contribution is -0.0253. The van der Waals surface area contributed by atoms with Crippen LogP contribution in [-0.4, -0.2) is 134 Å². The van der Waals surface area contributed by atoms with Gasteiger partial charge < -0.3 is 42.6 Å². The highest BCUT2D eigenvalue weighted by Gasteiger charge is 2.14. The smallest absolute Gasteiger partial charge is 0.297 e. The zero-order chi connectivity index (χ0) is 30.4. The van der Waals surface area contributed by atoms with Gasteiger partial charge in [-0.15, -0.1) is 0 Å². The molecule has 0 amide bonds. The standard InChI is InChI=1S/C29H52O12S/c1-3-4-9-32-10-11-33-12-13-34-14-15-35-16-17-36-18-19-37-20-21-38-22-23-39-24-25-40-26-27-41-42(30,31)29-7-5-28(2)6-8-29/h5-8H,3-4,9-27H2,1-2H3. The summed E-state index contributed by atoms with van der Waals surface area (Å²) < 4.78 is 77.9. The van der Waals surface area contributed by atoms with Crippen LogP contribution in [0.1, 0.15) is 25.3 Å². The van der Waals surface area contributed by atoms with Gasteiger partial charge in [0.2, 0.25) is 0 Å². The van der Waals surface area contributed by atoms with Gasteiger partial charge in [-0.3, -0.25) is 4.18 Å². The second-order valence-corrected chi connectivity index (χ2v) is 10.6. The Morgan fingerprint density at radius 2 is 0.738 bits per heavy atom. The molecule has 1 rings (SSSR count). The maximum Gasteiger partial charge on any atom is 0.297 e. The van der Waals surface area contributed by atoms with Crippen LogP contribution in [0.2, 0.25) is 0 Å². The zero-order valence-corrected chi connectivity index (χ0v) is 26.3. The molecule has 42 heavy (non-hydrogen) atoms. The second kappa shape index (κ2) is 28.5. The van der Waals surface area contributed by atoms with Gasteiger partial charge in [-0.05, 0) is 25.5 Å².